The minimum Gasteiger partial charge on any atom is -0.359 e. The molecule has 0 bridgehead atoms. The van der Waals surface area contributed by atoms with Crippen LogP contribution in [-0.2, 0) is 13.6 Å². The van der Waals surface area contributed by atoms with Gasteiger partial charge in [-0.15, -0.1) is 5.10 Å². The van der Waals surface area contributed by atoms with E-state index in [9.17, 15) is 10.1 Å². The third kappa shape index (κ3) is 2.67. The number of anilines is 1. The standard InChI is InChI=1S/C11H11BrN4O2/c1-15-7-10(16(17)18)11(14-15)13-6-8-4-2-3-5-9(8)12/h2-5,7H,6H2,1H3,(H,13,14). The summed E-state index contributed by atoms with van der Waals surface area (Å²) in [6, 6.07) is 7.68. The van der Waals surface area contributed by atoms with Gasteiger partial charge in [-0.05, 0) is 11.6 Å². The monoisotopic (exact) mass is 310 g/mol. The Hall–Kier alpha value is -1.89. The normalized spacial score (nSPS) is 10.3. The zero-order chi connectivity index (χ0) is 13.1. The van der Waals surface area contributed by atoms with E-state index in [1.807, 2.05) is 24.3 Å². The third-order valence-corrected chi connectivity index (χ3v) is 3.18. The molecule has 6 nitrogen and oxygen atoms in total. The molecule has 0 radical (unpaired) electrons. The van der Waals surface area contributed by atoms with Crippen LogP contribution in [0.5, 0.6) is 0 Å². The molecule has 0 spiro atoms. The lowest BCUT2D eigenvalue weighted by Gasteiger charge is -2.05. The van der Waals surface area contributed by atoms with E-state index in [4.69, 9.17) is 0 Å². The van der Waals surface area contributed by atoms with Crippen molar-refractivity contribution in [3.63, 3.8) is 0 Å². The number of aromatic nitrogens is 2. The summed E-state index contributed by atoms with van der Waals surface area (Å²) in [6.45, 7) is 0.472. The Kier molecular flexibility index (Phi) is 3.61. The van der Waals surface area contributed by atoms with Crippen LogP contribution < -0.4 is 5.32 Å². The number of rotatable bonds is 4. The second-order valence-electron chi connectivity index (χ2n) is 3.74. The molecule has 18 heavy (non-hydrogen) atoms. The maximum Gasteiger partial charge on any atom is 0.330 e. The van der Waals surface area contributed by atoms with Gasteiger partial charge in [0, 0.05) is 18.1 Å². The predicted molar refractivity (Wildman–Crippen MR) is 71.3 cm³/mol. The fourth-order valence-electron chi connectivity index (χ4n) is 1.56. The average Bonchev–Trinajstić information content (AvgIpc) is 2.70. The molecule has 0 aliphatic heterocycles. The van der Waals surface area contributed by atoms with Crippen LogP contribution in [0.25, 0.3) is 0 Å². The number of nitrogens with zero attached hydrogens (tertiary/aromatic N) is 3. The van der Waals surface area contributed by atoms with Gasteiger partial charge in [0.1, 0.15) is 6.20 Å². The minimum absolute atomic E-state index is 0.0236. The van der Waals surface area contributed by atoms with Crippen molar-refractivity contribution < 1.29 is 4.92 Å². The summed E-state index contributed by atoms with van der Waals surface area (Å²) in [5.74, 6) is 0.276. The van der Waals surface area contributed by atoms with E-state index in [1.54, 1.807) is 7.05 Å². The van der Waals surface area contributed by atoms with Crippen molar-refractivity contribution in [2.75, 3.05) is 5.32 Å². The van der Waals surface area contributed by atoms with Crippen LogP contribution in [0.2, 0.25) is 0 Å². The average molecular weight is 311 g/mol. The molecule has 2 rings (SSSR count). The highest BCUT2D eigenvalue weighted by atomic mass is 79.9. The van der Waals surface area contributed by atoms with E-state index in [0.29, 0.717) is 6.54 Å². The zero-order valence-electron chi connectivity index (χ0n) is 9.63. The Morgan fingerprint density at radius 1 is 1.50 bits per heavy atom. The van der Waals surface area contributed by atoms with Crippen LogP contribution in [-0.4, -0.2) is 14.7 Å². The van der Waals surface area contributed by atoms with Crippen LogP contribution in [0.3, 0.4) is 0 Å². The van der Waals surface area contributed by atoms with E-state index < -0.39 is 4.92 Å². The molecule has 1 heterocycles. The molecular weight excluding hydrogens is 300 g/mol. The molecule has 0 amide bonds. The lowest BCUT2D eigenvalue weighted by molar-refractivity contribution is -0.384. The largest absolute Gasteiger partial charge is 0.359 e. The van der Waals surface area contributed by atoms with Crippen molar-refractivity contribution in [2.45, 2.75) is 6.54 Å². The van der Waals surface area contributed by atoms with E-state index in [1.165, 1.54) is 10.9 Å². The Labute approximate surface area is 112 Å². The molecule has 1 aromatic heterocycles. The molecule has 94 valence electrons. The molecule has 1 N–H and O–H groups in total. The summed E-state index contributed by atoms with van der Waals surface area (Å²) >= 11 is 3.42. The molecule has 0 saturated carbocycles. The number of nitrogens with one attached hydrogen (secondary N) is 1. The summed E-state index contributed by atoms with van der Waals surface area (Å²) in [5.41, 5.74) is 0.988. The molecule has 0 fully saturated rings. The van der Waals surface area contributed by atoms with E-state index >= 15 is 0 Å². The molecule has 0 saturated heterocycles. The van der Waals surface area contributed by atoms with Gasteiger partial charge in [-0.2, -0.15) is 0 Å². The first kappa shape index (κ1) is 12.6. The van der Waals surface area contributed by atoms with Crippen LogP contribution in [0, 0.1) is 10.1 Å². The van der Waals surface area contributed by atoms with E-state index in [2.05, 4.69) is 26.3 Å². The fraction of sp³-hybridized carbons (Fsp3) is 0.182. The molecular formula is C11H11BrN4O2. The topological polar surface area (TPSA) is 73.0 Å². The SMILES string of the molecule is Cn1cc([N+](=O)[O-])c(NCc2ccccc2Br)n1. The van der Waals surface area contributed by atoms with Gasteiger partial charge >= 0.3 is 5.69 Å². The van der Waals surface area contributed by atoms with Gasteiger partial charge in [0.05, 0.1) is 4.92 Å². The van der Waals surface area contributed by atoms with Gasteiger partial charge in [-0.25, -0.2) is 0 Å². The molecule has 0 unspecified atom stereocenters. The molecule has 0 aliphatic rings. The highest BCUT2D eigenvalue weighted by Gasteiger charge is 2.17. The van der Waals surface area contributed by atoms with Crippen molar-refractivity contribution in [3.8, 4) is 0 Å². The number of nitro groups is 1. The van der Waals surface area contributed by atoms with Crippen LogP contribution in [0.15, 0.2) is 34.9 Å². The Bertz CT molecular complexity index is 582. The van der Waals surface area contributed by atoms with Crippen molar-refractivity contribution in [1.29, 1.82) is 0 Å². The van der Waals surface area contributed by atoms with Gasteiger partial charge in [0.25, 0.3) is 0 Å². The maximum atomic E-state index is 10.8. The highest BCUT2D eigenvalue weighted by Crippen LogP contribution is 2.23. The number of aryl methyl sites for hydroxylation is 1. The van der Waals surface area contributed by atoms with Crippen molar-refractivity contribution >= 4 is 27.4 Å². The van der Waals surface area contributed by atoms with E-state index in [-0.39, 0.29) is 11.5 Å². The summed E-state index contributed by atoms with van der Waals surface area (Å²) in [6.07, 6.45) is 1.38. The highest BCUT2D eigenvalue weighted by molar-refractivity contribution is 9.10. The predicted octanol–water partition coefficient (Wildman–Crippen LogP) is 2.70. The minimum atomic E-state index is -0.449. The zero-order valence-corrected chi connectivity index (χ0v) is 11.2. The van der Waals surface area contributed by atoms with Crippen molar-refractivity contribution in [3.05, 3.63) is 50.6 Å². The first-order valence-corrected chi connectivity index (χ1v) is 6.02. The van der Waals surface area contributed by atoms with Gasteiger partial charge in [-0.1, -0.05) is 34.1 Å². The molecule has 0 atom stereocenters. The summed E-state index contributed by atoms with van der Waals surface area (Å²) in [5, 5.41) is 17.8. The summed E-state index contributed by atoms with van der Waals surface area (Å²) < 4.78 is 2.37. The lowest BCUT2D eigenvalue weighted by atomic mass is 10.2. The van der Waals surface area contributed by atoms with E-state index in [0.717, 1.165) is 10.0 Å². The fourth-order valence-corrected chi connectivity index (χ4v) is 1.98. The number of benzene rings is 1. The second-order valence-corrected chi connectivity index (χ2v) is 4.59. The Morgan fingerprint density at radius 3 is 2.89 bits per heavy atom. The quantitative estimate of drug-likeness (QED) is 0.696. The molecule has 0 aliphatic carbocycles. The van der Waals surface area contributed by atoms with Gasteiger partial charge in [-0.3, -0.25) is 14.8 Å². The summed E-state index contributed by atoms with van der Waals surface area (Å²) in [7, 11) is 1.65. The van der Waals surface area contributed by atoms with Crippen LogP contribution in [0.1, 0.15) is 5.56 Å². The molecule has 1 aromatic carbocycles. The van der Waals surface area contributed by atoms with Crippen LogP contribution in [0.4, 0.5) is 11.5 Å². The number of hydrogen-bond acceptors (Lipinski definition) is 4. The smallest absolute Gasteiger partial charge is 0.330 e. The van der Waals surface area contributed by atoms with Gasteiger partial charge in [0.2, 0.25) is 5.82 Å². The van der Waals surface area contributed by atoms with Crippen molar-refractivity contribution in [1.82, 2.24) is 9.78 Å². The lowest BCUT2D eigenvalue weighted by Crippen LogP contribution is -2.03. The molecule has 7 heteroatoms. The first-order chi connectivity index (χ1) is 8.58. The summed E-state index contributed by atoms with van der Waals surface area (Å²) in [4.78, 5) is 10.4. The Morgan fingerprint density at radius 2 is 2.22 bits per heavy atom. The van der Waals surface area contributed by atoms with Gasteiger partial charge < -0.3 is 5.32 Å². The third-order valence-electron chi connectivity index (χ3n) is 2.41. The number of hydrogen-bond donors (Lipinski definition) is 1. The molecule has 2 aromatic rings. The van der Waals surface area contributed by atoms with Crippen LogP contribution >= 0.6 is 15.9 Å². The first-order valence-electron chi connectivity index (χ1n) is 5.23. The second kappa shape index (κ2) is 5.18. The number of halogens is 1. The van der Waals surface area contributed by atoms with Gasteiger partial charge in [0.15, 0.2) is 0 Å². The van der Waals surface area contributed by atoms with Crippen molar-refractivity contribution in [2.24, 2.45) is 7.05 Å². The maximum absolute atomic E-state index is 10.8. The Balaban J connectivity index is 2.16.